The Morgan fingerprint density at radius 2 is 1.87 bits per heavy atom. The number of aromatic nitrogens is 1. The van der Waals surface area contributed by atoms with Crippen LogP contribution in [0.2, 0.25) is 0 Å². The molecule has 1 heterocycles. The summed E-state index contributed by atoms with van der Waals surface area (Å²) in [5, 5.41) is 0. The molecule has 3 heteroatoms. The van der Waals surface area contributed by atoms with E-state index in [1.807, 2.05) is 0 Å². The standard InChI is InChI=1S/C12H17NOS/c1-12(2,3)11-13-10(15)8-6-4-5-7-9(8)14-11/h4-7H2,1-3H3. The molecule has 1 aromatic rings. The monoisotopic (exact) mass is 223 g/mol. The van der Waals surface area contributed by atoms with Crippen LogP contribution in [-0.4, -0.2) is 4.98 Å². The van der Waals surface area contributed by atoms with Gasteiger partial charge in [-0.25, -0.2) is 4.98 Å². The molecule has 0 spiro atoms. The first-order valence-corrected chi connectivity index (χ1v) is 5.92. The summed E-state index contributed by atoms with van der Waals surface area (Å²) >= 11 is 5.32. The summed E-state index contributed by atoms with van der Waals surface area (Å²) < 4.78 is 6.62. The van der Waals surface area contributed by atoms with Crippen LogP contribution in [0.25, 0.3) is 0 Å². The first kappa shape index (κ1) is 10.8. The van der Waals surface area contributed by atoms with Crippen molar-refractivity contribution in [3.63, 3.8) is 0 Å². The highest BCUT2D eigenvalue weighted by atomic mass is 32.1. The van der Waals surface area contributed by atoms with Gasteiger partial charge in [-0.05, 0) is 19.3 Å². The van der Waals surface area contributed by atoms with Crippen LogP contribution >= 0.6 is 12.2 Å². The predicted molar refractivity (Wildman–Crippen MR) is 62.7 cm³/mol. The van der Waals surface area contributed by atoms with Crippen molar-refractivity contribution >= 4 is 12.2 Å². The zero-order chi connectivity index (χ0) is 11.1. The van der Waals surface area contributed by atoms with Gasteiger partial charge in [0.1, 0.15) is 10.4 Å². The van der Waals surface area contributed by atoms with E-state index >= 15 is 0 Å². The molecule has 2 nitrogen and oxygen atoms in total. The average Bonchev–Trinajstić information content (AvgIpc) is 2.16. The first-order valence-electron chi connectivity index (χ1n) is 5.52. The molecule has 15 heavy (non-hydrogen) atoms. The number of hydrogen-bond donors (Lipinski definition) is 0. The summed E-state index contributed by atoms with van der Waals surface area (Å²) in [5.41, 5.74) is 1.12. The summed E-state index contributed by atoms with van der Waals surface area (Å²) in [4.78, 5) is 4.41. The number of rotatable bonds is 0. The zero-order valence-electron chi connectivity index (χ0n) is 9.59. The van der Waals surface area contributed by atoms with Crippen LogP contribution < -0.4 is 0 Å². The van der Waals surface area contributed by atoms with Crippen LogP contribution in [0.4, 0.5) is 0 Å². The minimum atomic E-state index is -0.0555. The number of hydrogen-bond acceptors (Lipinski definition) is 3. The lowest BCUT2D eigenvalue weighted by atomic mass is 9.95. The quantitative estimate of drug-likeness (QED) is 0.629. The Bertz CT molecular complexity index is 428. The van der Waals surface area contributed by atoms with E-state index in [1.165, 1.54) is 18.4 Å². The van der Waals surface area contributed by atoms with Gasteiger partial charge in [0.05, 0.1) is 0 Å². The fraction of sp³-hybridized carbons (Fsp3) is 0.667. The predicted octanol–water partition coefficient (Wildman–Crippen LogP) is 3.58. The molecule has 82 valence electrons. The largest absolute Gasteiger partial charge is 0.446 e. The lowest BCUT2D eigenvalue weighted by molar-refractivity contribution is 0.333. The van der Waals surface area contributed by atoms with E-state index < -0.39 is 0 Å². The molecule has 0 saturated heterocycles. The zero-order valence-corrected chi connectivity index (χ0v) is 10.4. The molecule has 0 saturated carbocycles. The van der Waals surface area contributed by atoms with Crippen molar-refractivity contribution in [3.8, 4) is 0 Å². The molecule has 0 fully saturated rings. The van der Waals surface area contributed by atoms with Crippen molar-refractivity contribution in [2.24, 2.45) is 0 Å². The van der Waals surface area contributed by atoms with Gasteiger partial charge in [-0.2, -0.15) is 0 Å². The topological polar surface area (TPSA) is 26.0 Å². The van der Waals surface area contributed by atoms with Crippen molar-refractivity contribution in [1.82, 2.24) is 4.98 Å². The molecule has 0 radical (unpaired) electrons. The van der Waals surface area contributed by atoms with E-state index in [0.29, 0.717) is 0 Å². The molecule has 1 aliphatic rings. The molecule has 1 aromatic heterocycles. The van der Waals surface area contributed by atoms with Gasteiger partial charge in [-0.1, -0.05) is 33.0 Å². The molecule has 0 N–H and O–H groups in total. The Hall–Kier alpha value is -0.700. The maximum Gasteiger partial charge on any atom is 0.200 e. The van der Waals surface area contributed by atoms with E-state index in [2.05, 4.69) is 25.8 Å². The second kappa shape index (κ2) is 3.71. The molecule has 0 unspecified atom stereocenters. The van der Waals surface area contributed by atoms with Gasteiger partial charge in [0, 0.05) is 17.4 Å². The Kier molecular flexibility index (Phi) is 2.67. The molecule has 0 aromatic carbocycles. The minimum Gasteiger partial charge on any atom is -0.446 e. The molecule has 2 rings (SSSR count). The average molecular weight is 223 g/mol. The molecule has 1 aliphatic carbocycles. The van der Waals surface area contributed by atoms with Gasteiger partial charge < -0.3 is 4.42 Å². The van der Waals surface area contributed by atoms with Crippen LogP contribution in [0.5, 0.6) is 0 Å². The fourth-order valence-electron chi connectivity index (χ4n) is 1.84. The molecule has 0 amide bonds. The van der Waals surface area contributed by atoms with E-state index in [9.17, 15) is 0 Å². The summed E-state index contributed by atoms with van der Waals surface area (Å²) in [6.07, 6.45) is 4.47. The van der Waals surface area contributed by atoms with E-state index in [-0.39, 0.29) is 5.41 Å². The van der Waals surface area contributed by atoms with Gasteiger partial charge in [-0.3, -0.25) is 0 Å². The Labute approximate surface area is 95.7 Å². The van der Waals surface area contributed by atoms with Gasteiger partial charge in [0.15, 0.2) is 0 Å². The molecule has 0 atom stereocenters. The third-order valence-electron chi connectivity index (χ3n) is 2.74. The lowest BCUT2D eigenvalue weighted by Crippen LogP contribution is -2.16. The molecule has 0 aliphatic heterocycles. The Morgan fingerprint density at radius 3 is 2.53 bits per heavy atom. The van der Waals surface area contributed by atoms with Gasteiger partial charge >= 0.3 is 0 Å². The van der Waals surface area contributed by atoms with Gasteiger partial charge in [0.2, 0.25) is 5.89 Å². The molecule has 0 bridgehead atoms. The van der Waals surface area contributed by atoms with Gasteiger partial charge in [-0.15, -0.1) is 0 Å². The SMILES string of the molecule is CC(C)(C)c1nc(=S)c2c(o1)CCCC2. The van der Waals surface area contributed by atoms with E-state index in [1.54, 1.807) is 0 Å². The second-order valence-corrected chi connectivity index (χ2v) is 5.57. The fourth-order valence-corrected chi connectivity index (χ4v) is 2.14. The number of nitrogens with zero attached hydrogens (tertiary/aromatic N) is 1. The van der Waals surface area contributed by atoms with Crippen LogP contribution in [0.3, 0.4) is 0 Å². The smallest absolute Gasteiger partial charge is 0.200 e. The van der Waals surface area contributed by atoms with E-state index in [0.717, 1.165) is 29.1 Å². The summed E-state index contributed by atoms with van der Waals surface area (Å²) in [6.45, 7) is 6.30. The van der Waals surface area contributed by atoms with Crippen molar-refractivity contribution in [3.05, 3.63) is 21.9 Å². The third-order valence-corrected chi connectivity index (χ3v) is 3.08. The summed E-state index contributed by atoms with van der Waals surface area (Å²) in [5.74, 6) is 1.85. The van der Waals surface area contributed by atoms with Crippen LogP contribution in [-0.2, 0) is 18.3 Å². The first-order chi connectivity index (χ1) is 6.98. The Balaban J connectivity index is 2.55. The summed E-state index contributed by atoms with van der Waals surface area (Å²) in [6, 6.07) is 0. The van der Waals surface area contributed by atoms with Gasteiger partial charge in [0.25, 0.3) is 0 Å². The maximum atomic E-state index is 5.87. The highest BCUT2D eigenvalue weighted by molar-refractivity contribution is 7.71. The van der Waals surface area contributed by atoms with Crippen LogP contribution in [0, 0.1) is 4.64 Å². The highest BCUT2D eigenvalue weighted by Gasteiger charge is 2.22. The van der Waals surface area contributed by atoms with Crippen molar-refractivity contribution < 1.29 is 4.42 Å². The second-order valence-electron chi connectivity index (χ2n) is 5.18. The van der Waals surface area contributed by atoms with Crippen molar-refractivity contribution in [2.75, 3.05) is 0 Å². The Morgan fingerprint density at radius 1 is 1.20 bits per heavy atom. The number of aryl methyl sites for hydroxylation is 1. The molecular weight excluding hydrogens is 206 g/mol. The normalized spacial score (nSPS) is 16.2. The lowest BCUT2D eigenvalue weighted by Gasteiger charge is -2.20. The molecular formula is C12H17NOS. The highest BCUT2D eigenvalue weighted by Crippen LogP contribution is 2.27. The number of fused-ring (bicyclic) bond motifs is 1. The minimum absolute atomic E-state index is 0.0555. The summed E-state index contributed by atoms with van der Waals surface area (Å²) in [7, 11) is 0. The van der Waals surface area contributed by atoms with Crippen LogP contribution in [0.15, 0.2) is 4.42 Å². The van der Waals surface area contributed by atoms with Crippen molar-refractivity contribution in [2.45, 2.75) is 51.9 Å². The van der Waals surface area contributed by atoms with Crippen LogP contribution in [0.1, 0.15) is 50.8 Å². The maximum absolute atomic E-state index is 5.87. The van der Waals surface area contributed by atoms with Crippen molar-refractivity contribution in [1.29, 1.82) is 0 Å². The van der Waals surface area contributed by atoms with E-state index in [4.69, 9.17) is 16.6 Å². The third kappa shape index (κ3) is 2.12.